The molecule has 0 aliphatic heterocycles. The van der Waals surface area contributed by atoms with Crippen LogP contribution >= 0.6 is 27.5 Å². The van der Waals surface area contributed by atoms with Gasteiger partial charge in [0.05, 0.1) is 5.02 Å². The van der Waals surface area contributed by atoms with E-state index in [4.69, 9.17) is 17.4 Å². The maximum absolute atomic E-state index is 13.1. The van der Waals surface area contributed by atoms with Crippen LogP contribution in [0.25, 0.3) is 0 Å². The number of rotatable bonds is 5. The molecule has 3 N–H and O–H groups in total. The van der Waals surface area contributed by atoms with Crippen LogP contribution in [0.1, 0.15) is 11.1 Å². The zero-order chi connectivity index (χ0) is 14.5. The van der Waals surface area contributed by atoms with Crippen LogP contribution in [0.3, 0.4) is 0 Å². The lowest BCUT2D eigenvalue weighted by atomic mass is 9.99. The minimum atomic E-state index is -0.404. The van der Waals surface area contributed by atoms with Crippen LogP contribution in [-0.2, 0) is 12.8 Å². The van der Waals surface area contributed by atoms with Gasteiger partial charge in [0.25, 0.3) is 0 Å². The molecule has 0 saturated heterocycles. The lowest BCUT2D eigenvalue weighted by Crippen LogP contribution is -2.38. The van der Waals surface area contributed by atoms with Crippen LogP contribution in [-0.4, -0.2) is 6.04 Å². The molecule has 20 heavy (non-hydrogen) atoms. The summed E-state index contributed by atoms with van der Waals surface area (Å²) in [6, 6.07) is 12.8. The van der Waals surface area contributed by atoms with Crippen molar-refractivity contribution in [3.05, 3.63) is 68.9 Å². The first-order chi connectivity index (χ1) is 9.60. The molecule has 0 aliphatic carbocycles. The zero-order valence-corrected chi connectivity index (χ0v) is 13.1. The third kappa shape index (κ3) is 4.03. The molecular weight excluding hydrogens is 343 g/mol. The van der Waals surface area contributed by atoms with Crippen molar-refractivity contribution in [1.29, 1.82) is 0 Å². The Balaban J connectivity index is 2.09. The molecule has 0 aromatic heterocycles. The Morgan fingerprint density at radius 2 is 1.95 bits per heavy atom. The van der Waals surface area contributed by atoms with Gasteiger partial charge in [-0.25, -0.2) is 4.39 Å². The van der Waals surface area contributed by atoms with Gasteiger partial charge < -0.3 is 0 Å². The van der Waals surface area contributed by atoms with Crippen molar-refractivity contribution >= 4 is 27.5 Å². The Bertz CT molecular complexity index is 592. The molecule has 1 atom stereocenters. The second-order valence-corrected chi connectivity index (χ2v) is 5.87. The van der Waals surface area contributed by atoms with Gasteiger partial charge >= 0.3 is 0 Å². The molecule has 106 valence electrons. The highest BCUT2D eigenvalue weighted by atomic mass is 79.9. The second-order valence-electron chi connectivity index (χ2n) is 4.61. The van der Waals surface area contributed by atoms with Crippen molar-refractivity contribution in [2.24, 2.45) is 5.84 Å². The lowest BCUT2D eigenvalue weighted by molar-refractivity contribution is 0.521. The van der Waals surface area contributed by atoms with Gasteiger partial charge in [-0.1, -0.05) is 51.8 Å². The topological polar surface area (TPSA) is 38.0 Å². The molecule has 0 heterocycles. The summed E-state index contributed by atoms with van der Waals surface area (Å²) in [5, 5.41) is 0.138. The van der Waals surface area contributed by atoms with Crippen molar-refractivity contribution in [1.82, 2.24) is 5.43 Å². The lowest BCUT2D eigenvalue weighted by Gasteiger charge is -2.17. The monoisotopic (exact) mass is 356 g/mol. The van der Waals surface area contributed by atoms with E-state index in [-0.39, 0.29) is 11.1 Å². The number of halogens is 3. The number of hydrogen-bond acceptors (Lipinski definition) is 2. The van der Waals surface area contributed by atoms with Gasteiger partial charge in [-0.15, -0.1) is 0 Å². The van der Waals surface area contributed by atoms with Crippen molar-refractivity contribution in [3.8, 4) is 0 Å². The Labute approximate surface area is 131 Å². The average molecular weight is 358 g/mol. The predicted molar refractivity (Wildman–Crippen MR) is 84.1 cm³/mol. The Morgan fingerprint density at radius 1 is 1.20 bits per heavy atom. The van der Waals surface area contributed by atoms with Gasteiger partial charge in [0, 0.05) is 10.5 Å². The van der Waals surface area contributed by atoms with Crippen LogP contribution < -0.4 is 11.3 Å². The van der Waals surface area contributed by atoms with E-state index in [2.05, 4.69) is 21.4 Å². The van der Waals surface area contributed by atoms with Gasteiger partial charge in [0.1, 0.15) is 5.82 Å². The molecule has 2 rings (SSSR count). The fourth-order valence-corrected chi connectivity index (χ4v) is 2.72. The largest absolute Gasteiger partial charge is 0.271 e. The quantitative estimate of drug-likeness (QED) is 0.630. The number of nitrogens with two attached hydrogens (primary N) is 1. The molecule has 2 nitrogen and oxygen atoms in total. The zero-order valence-electron chi connectivity index (χ0n) is 10.7. The highest BCUT2D eigenvalue weighted by molar-refractivity contribution is 9.10. The van der Waals surface area contributed by atoms with Crippen molar-refractivity contribution in [2.45, 2.75) is 18.9 Å². The fourth-order valence-electron chi connectivity index (χ4n) is 2.07. The van der Waals surface area contributed by atoms with Gasteiger partial charge in [-0.2, -0.15) is 0 Å². The van der Waals surface area contributed by atoms with Gasteiger partial charge in [0.15, 0.2) is 0 Å². The molecule has 0 fully saturated rings. The summed E-state index contributed by atoms with van der Waals surface area (Å²) < 4.78 is 14.2. The van der Waals surface area contributed by atoms with Crippen LogP contribution in [0, 0.1) is 5.82 Å². The molecule has 1 unspecified atom stereocenters. The molecule has 0 amide bonds. The third-order valence-electron chi connectivity index (χ3n) is 3.13. The summed E-state index contributed by atoms with van der Waals surface area (Å²) in [6.07, 6.45) is 1.45. The van der Waals surface area contributed by atoms with Crippen molar-refractivity contribution < 1.29 is 4.39 Å². The molecular formula is C15H15BrClFN2. The van der Waals surface area contributed by atoms with Gasteiger partial charge in [-0.05, 0) is 42.2 Å². The number of nitrogens with one attached hydrogen (secondary N) is 1. The normalized spacial score (nSPS) is 12.4. The third-order valence-corrected chi connectivity index (χ3v) is 4.19. The van der Waals surface area contributed by atoms with E-state index in [9.17, 15) is 4.39 Å². The SMILES string of the molecule is NNC(Cc1ccc(F)c(Cl)c1)Cc1ccccc1Br. The molecule has 5 heteroatoms. The summed E-state index contributed by atoms with van der Waals surface area (Å²) in [6.45, 7) is 0. The molecule has 0 saturated carbocycles. The minimum absolute atomic E-state index is 0.0511. The summed E-state index contributed by atoms with van der Waals surface area (Å²) in [7, 11) is 0. The molecule has 0 radical (unpaired) electrons. The van der Waals surface area contributed by atoms with Crippen LogP contribution in [0.4, 0.5) is 4.39 Å². The van der Waals surface area contributed by atoms with E-state index >= 15 is 0 Å². The fraction of sp³-hybridized carbons (Fsp3) is 0.200. The standard InChI is InChI=1S/C15H15BrClFN2/c16-13-4-2-1-3-11(13)9-12(20-19)7-10-5-6-15(18)14(17)8-10/h1-6,8,12,20H,7,9,19H2. The molecule has 2 aromatic carbocycles. The smallest absolute Gasteiger partial charge is 0.141 e. The van der Waals surface area contributed by atoms with Gasteiger partial charge in [0.2, 0.25) is 0 Å². The first-order valence-corrected chi connectivity index (χ1v) is 7.40. The van der Waals surface area contributed by atoms with Crippen LogP contribution in [0.2, 0.25) is 5.02 Å². The molecule has 0 aliphatic rings. The molecule has 2 aromatic rings. The van der Waals surface area contributed by atoms with Crippen LogP contribution in [0.5, 0.6) is 0 Å². The highest BCUT2D eigenvalue weighted by Gasteiger charge is 2.12. The van der Waals surface area contributed by atoms with Crippen molar-refractivity contribution in [3.63, 3.8) is 0 Å². The maximum Gasteiger partial charge on any atom is 0.141 e. The van der Waals surface area contributed by atoms with E-state index in [1.54, 1.807) is 12.1 Å². The van der Waals surface area contributed by atoms with E-state index in [1.807, 2.05) is 24.3 Å². The highest BCUT2D eigenvalue weighted by Crippen LogP contribution is 2.20. The Kier molecular flexibility index (Phi) is 5.54. The van der Waals surface area contributed by atoms with Crippen molar-refractivity contribution in [2.75, 3.05) is 0 Å². The molecule has 0 bridgehead atoms. The van der Waals surface area contributed by atoms with Crippen LogP contribution in [0.15, 0.2) is 46.9 Å². The minimum Gasteiger partial charge on any atom is -0.271 e. The Hall–Kier alpha value is -0.940. The summed E-state index contributed by atoms with van der Waals surface area (Å²) in [4.78, 5) is 0. The predicted octanol–water partition coefficient (Wildman–Crippen LogP) is 3.86. The second kappa shape index (κ2) is 7.18. The van der Waals surface area contributed by atoms with E-state index in [0.29, 0.717) is 6.42 Å². The van der Waals surface area contributed by atoms with E-state index in [0.717, 1.165) is 16.5 Å². The Morgan fingerprint density at radius 3 is 2.60 bits per heavy atom. The van der Waals surface area contributed by atoms with E-state index < -0.39 is 5.82 Å². The summed E-state index contributed by atoms with van der Waals surface area (Å²) >= 11 is 9.31. The first-order valence-electron chi connectivity index (χ1n) is 6.23. The first kappa shape index (κ1) is 15.4. The number of benzene rings is 2. The maximum atomic E-state index is 13.1. The number of hydrogen-bond donors (Lipinski definition) is 2. The molecule has 0 spiro atoms. The van der Waals surface area contributed by atoms with Gasteiger partial charge in [-0.3, -0.25) is 11.3 Å². The average Bonchev–Trinajstić information content (AvgIpc) is 2.44. The summed E-state index contributed by atoms with van der Waals surface area (Å²) in [5.41, 5.74) is 4.92. The van der Waals surface area contributed by atoms with E-state index in [1.165, 1.54) is 11.6 Å². The summed E-state index contributed by atoms with van der Waals surface area (Å²) in [5.74, 6) is 5.21. The number of hydrazine groups is 1.